The Morgan fingerprint density at radius 2 is 2.17 bits per heavy atom. The van der Waals surface area contributed by atoms with Crippen LogP contribution in [0.1, 0.15) is 19.8 Å². The number of rotatable bonds is 6. The number of hydrogen-bond acceptors (Lipinski definition) is 3. The highest BCUT2D eigenvalue weighted by molar-refractivity contribution is 4.97. The van der Waals surface area contributed by atoms with E-state index in [0.717, 1.165) is 6.61 Å². The fraction of sp³-hybridized carbons (Fsp3) is 1.00. The zero-order valence-electron chi connectivity index (χ0n) is 8.01. The third kappa shape index (κ3) is 1.97. The van der Waals surface area contributed by atoms with E-state index in [1.54, 1.807) is 7.11 Å². The summed E-state index contributed by atoms with van der Waals surface area (Å²) in [5.41, 5.74) is 5.52. The van der Waals surface area contributed by atoms with Gasteiger partial charge in [0.1, 0.15) is 5.60 Å². The lowest BCUT2D eigenvalue weighted by Gasteiger charge is -2.31. The molecular weight excluding hydrogens is 154 g/mol. The normalized spacial score (nSPS) is 22.2. The zero-order chi connectivity index (χ0) is 9.03. The van der Waals surface area contributed by atoms with Crippen LogP contribution in [0.5, 0.6) is 0 Å². The van der Waals surface area contributed by atoms with E-state index in [9.17, 15) is 0 Å². The summed E-state index contributed by atoms with van der Waals surface area (Å²) in [6.07, 6.45) is 2.47. The Labute approximate surface area is 74.2 Å². The molecule has 1 fully saturated rings. The minimum Gasteiger partial charge on any atom is -0.382 e. The predicted octanol–water partition coefficient (Wildman–Crippen LogP) is 0.777. The van der Waals surface area contributed by atoms with Crippen LogP contribution >= 0.6 is 0 Å². The van der Waals surface area contributed by atoms with Gasteiger partial charge in [-0.05, 0) is 25.7 Å². The van der Waals surface area contributed by atoms with Gasteiger partial charge in [-0.25, -0.2) is 0 Å². The van der Waals surface area contributed by atoms with Gasteiger partial charge in [-0.15, -0.1) is 0 Å². The van der Waals surface area contributed by atoms with Crippen LogP contribution in [0.4, 0.5) is 0 Å². The second kappa shape index (κ2) is 4.21. The van der Waals surface area contributed by atoms with Crippen LogP contribution in [0.15, 0.2) is 0 Å². The Morgan fingerprint density at radius 1 is 1.50 bits per heavy atom. The molecule has 0 saturated heterocycles. The summed E-state index contributed by atoms with van der Waals surface area (Å²) in [4.78, 5) is 0. The smallest absolute Gasteiger partial charge is 0.106 e. The largest absolute Gasteiger partial charge is 0.382 e. The maximum Gasteiger partial charge on any atom is 0.106 e. The van der Waals surface area contributed by atoms with Gasteiger partial charge in [0.15, 0.2) is 0 Å². The van der Waals surface area contributed by atoms with Crippen LogP contribution < -0.4 is 5.73 Å². The molecule has 0 aromatic carbocycles. The Balaban J connectivity index is 2.51. The molecule has 0 aromatic heterocycles. The predicted molar refractivity (Wildman–Crippen MR) is 48.0 cm³/mol. The van der Waals surface area contributed by atoms with Crippen molar-refractivity contribution in [2.45, 2.75) is 25.4 Å². The van der Waals surface area contributed by atoms with Gasteiger partial charge in [-0.3, -0.25) is 0 Å². The molecule has 0 spiro atoms. The summed E-state index contributed by atoms with van der Waals surface area (Å²) in [6, 6.07) is 0. The van der Waals surface area contributed by atoms with Crippen LogP contribution in [0.25, 0.3) is 0 Å². The molecule has 0 heterocycles. The molecule has 1 aliphatic rings. The SMILES string of the molecule is CCOC(CN)(COC)C1CC1. The number of hydrogen-bond donors (Lipinski definition) is 1. The third-order valence-corrected chi connectivity index (χ3v) is 2.49. The number of methoxy groups -OCH3 is 1. The lowest BCUT2D eigenvalue weighted by atomic mass is 9.99. The molecule has 72 valence electrons. The standard InChI is InChI=1S/C9H19NO2/c1-3-12-9(6-10,7-11-2)8-4-5-8/h8H,3-7,10H2,1-2H3. The van der Waals surface area contributed by atoms with Gasteiger partial charge < -0.3 is 15.2 Å². The summed E-state index contributed by atoms with van der Waals surface area (Å²) in [5.74, 6) is 0.627. The summed E-state index contributed by atoms with van der Waals surface area (Å²) in [6.45, 7) is 3.92. The minimum atomic E-state index is -0.191. The highest BCUT2D eigenvalue weighted by Gasteiger charge is 2.45. The summed E-state index contributed by atoms with van der Waals surface area (Å²) < 4.78 is 10.8. The van der Waals surface area contributed by atoms with Gasteiger partial charge in [0.05, 0.1) is 6.61 Å². The first-order valence-corrected chi connectivity index (χ1v) is 4.62. The van der Waals surface area contributed by atoms with Crippen molar-refractivity contribution >= 4 is 0 Å². The second-order valence-electron chi connectivity index (χ2n) is 3.41. The highest BCUT2D eigenvalue weighted by Crippen LogP contribution is 2.41. The van der Waals surface area contributed by atoms with E-state index in [1.165, 1.54) is 12.8 Å². The molecule has 1 rings (SSSR count). The summed E-state index contributed by atoms with van der Waals surface area (Å²) in [7, 11) is 1.70. The molecule has 1 aliphatic carbocycles. The molecule has 0 aromatic rings. The minimum absolute atomic E-state index is 0.191. The molecule has 0 bridgehead atoms. The van der Waals surface area contributed by atoms with E-state index in [0.29, 0.717) is 19.1 Å². The lowest BCUT2D eigenvalue weighted by molar-refractivity contribution is -0.0928. The molecule has 0 radical (unpaired) electrons. The average Bonchev–Trinajstić information content (AvgIpc) is 2.86. The maximum atomic E-state index is 5.72. The van der Waals surface area contributed by atoms with Crippen molar-refractivity contribution in [3.8, 4) is 0 Å². The van der Waals surface area contributed by atoms with Crippen LogP contribution in [-0.4, -0.2) is 32.5 Å². The fourth-order valence-electron chi connectivity index (χ4n) is 1.70. The molecule has 0 amide bonds. The Bertz CT molecular complexity index is 128. The van der Waals surface area contributed by atoms with Crippen molar-refractivity contribution in [2.24, 2.45) is 11.7 Å². The van der Waals surface area contributed by atoms with E-state index in [2.05, 4.69) is 0 Å². The first-order chi connectivity index (χ1) is 5.79. The third-order valence-electron chi connectivity index (χ3n) is 2.49. The van der Waals surface area contributed by atoms with Crippen molar-refractivity contribution in [1.82, 2.24) is 0 Å². The summed E-state index contributed by atoms with van der Waals surface area (Å²) >= 11 is 0. The van der Waals surface area contributed by atoms with E-state index in [1.807, 2.05) is 6.92 Å². The molecular formula is C9H19NO2. The number of ether oxygens (including phenoxy) is 2. The zero-order valence-corrected chi connectivity index (χ0v) is 8.01. The van der Waals surface area contributed by atoms with Crippen molar-refractivity contribution in [2.75, 3.05) is 26.9 Å². The molecule has 2 N–H and O–H groups in total. The van der Waals surface area contributed by atoms with Crippen LogP contribution in [-0.2, 0) is 9.47 Å². The molecule has 1 unspecified atom stereocenters. The quantitative estimate of drug-likeness (QED) is 0.645. The topological polar surface area (TPSA) is 44.5 Å². The molecule has 1 saturated carbocycles. The van der Waals surface area contributed by atoms with Gasteiger partial charge in [0.25, 0.3) is 0 Å². The van der Waals surface area contributed by atoms with Gasteiger partial charge in [-0.1, -0.05) is 0 Å². The Morgan fingerprint density at radius 3 is 2.50 bits per heavy atom. The van der Waals surface area contributed by atoms with Gasteiger partial charge in [0, 0.05) is 20.3 Å². The van der Waals surface area contributed by atoms with Crippen LogP contribution in [0.2, 0.25) is 0 Å². The fourth-order valence-corrected chi connectivity index (χ4v) is 1.70. The van der Waals surface area contributed by atoms with E-state index in [-0.39, 0.29) is 5.60 Å². The van der Waals surface area contributed by atoms with Gasteiger partial charge in [-0.2, -0.15) is 0 Å². The second-order valence-corrected chi connectivity index (χ2v) is 3.41. The van der Waals surface area contributed by atoms with Gasteiger partial charge >= 0.3 is 0 Å². The van der Waals surface area contributed by atoms with E-state index in [4.69, 9.17) is 15.2 Å². The van der Waals surface area contributed by atoms with Crippen LogP contribution in [0, 0.1) is 5.92 Å². The monoisotopic (exact) mass is 173 g/mol. The molecule has 0 aliphatic heterocycles. The van der Waals surface area contributed by atoms with Crippen molar-refractivity contribution in [3.63, 3.8) is 0 Å². The Kier molecular flexibility index (Phi) is 3.50. The van der Waals surface area contributed by atoms with E-state index < -0.39 is 0 Å². The maximum absolute atomic E-state index is 5.72. The van der Waals surface area contributed by atoms with Crippen molar-refractivity contribution in [1.29, 1.82) is 0 Å². The molecule has 3 nitrogen and oxygen atoms in total. The van der Waals surface area contributed by atoms with E-state index >= 15 is 0 Å². The highest BCUT2D eigenvalue weighted by atomic mass is 16.5. The van der Waals surface area contributed by atoms with Crippen molar-refractivity contribution in [3.05, 3.63) is 0 Å². The molecule has 12 heavy (non-hydrogen) atoms. The first-order valence-electron chi connectivity index (χ1n) is 4.62. The van der Waals surface area contributed by atoms with Crippen molar-refractivity contribution < 1.29 is 9.47 Å². The number of nitrogens with two attached hydrogens (primary N) is 1. The lowest BCUT2D eigenvalue weighted by Crippen LogP contribution is -2.47. The van der Waals surface area contributed by atoms with Crippen LogP contribution in [0.3, 0.4) is 0 Å². The van der Waals surface area contributed by atoms with Gasteiger partial charge in [0.2, 0.25) is 0 Å². The average molecular weight is 173 g/mol. The Hall–Kier alpha value is -0.120. The molecule has 3 heteroatoms. The summed E-state index contributed by atoms with van der Waals surface area (Å²) in [5, 5.41) is 0. The first kappa shape index (κ1) is 9.96. The molecule has 1 atom stereocenters.